The van der Waals surface area contributed by atoms with Crippen LogP contribution in [0.2, 0.25) is 0 Å². The molecule has 1 aromatic carbocycles. The van der Waals surface area contributed by atoms with Crippen LogP contribution in [-0.4, -0.2) is 53.3 Å². The largest absolute Gasteiger partial charge is 0.352 e. The molecule has 2 aliphatic heterocycles. The Bertz CT molecular complexity index is 649. The number of benzene rings is 1. The first-order valence-corrected chi connectivity index (χ1v) is 10.6. The second-order valence-electron chi connectivity index (χ2n) is 8.40. The van der Waals surface area contributed by atoms with Gasteiger partial charge in [-0.3, -0.25) is 14.5 Å². The molecule has 1 atom stereocenters. The minimum Gasteiger partial charge on any atom is -0.352 e. The zero-order valence-electron chi connectivity index (χ0n) is 16.1. The maximum Gasteiger partial charge on any atom is 0.225 e. The van der Waals surface area contributed by atoms with E-state index in [1.165, 1.54) is 38.5 Å². The van der Waals surface area contributed by atoms with E-state index in [0.29, 0.717) is 31.6 Å². The van der Waals surface area contributed by atoms with Crippen molar-refractivity contribution in [2.75, 3.05) is 19.6 Å². The zero-order chi connectivity index (χ0) is 18.6. The third kappa shape index (κ3) is 4.34. The molecule has 0 bridgehead atoms. The van der Waals surface area contributed by atoms with Crippen LogP contribution in [-0.2, 0) is 16.1 Å². The molecule has 5 nitrogen and oxygen atoms in total. The molecule has 2 amide bonds. The molecule has 5 heteroatoms. The second-order valence-corrected chi connectivity index (χ2v) is 8.40. The Morgan fingerprint density at radius 1 is 0.963 bits per heavy atom. The molecule has 3 fully saturated rings. The van der Waals surface area contributed by atoms with E-state index in [4.69, 9.17) is 0 Å². The number of nitrogens with zero attached hydrogens (tertiary/aromatic N) is 2. The van der Waals surface area contributed by atoms with Gasteiger partial charge in [0, 0.05) is 38.6 Å². The second kappa shape index (κ2) is 8.42. The van der Waals surface area contributed by atoms with Crippen molar-refractivity contribution in [1.29, 1.82) is 0 Å². The van der Waals surface area contributed by atoms with Gasteiger partial charge in [0.05, 0.1) is 12.0 Å². The molecule has 0 aromatic heterocycles. The van der Waals surface area contributed by atoms with Gasteiger partial charge in [-0.1, -0.05) is 56.0 Å². The fourth-order valence-corrected chi connectivity index (χ4v) is 4.80. The van der Waals surface area contributed by atoms with Crippen molar-refractivity contribution in [2.24, 2.45) is 5.92 Å². The van der Waals surface area contributed by atoms with E-state index in [9.17, 15) is 9.59 Å². The monoisotopic (exact) mass is 369 g/mol. The third-order valence-electron chi connectivity index (χ3n) is 6.51. The van der Waals surface area contributed by atoms with Crippen LogP contribution >= 0.6 is 0 Å². The van der Waals surface area contributed by atoms with E-state index in [1.807, 2.05) is 35.2 Å². The summed E-state index contributed by atoms with van der Waals surface area (Å²) in [6.07, 6.45) is 8.42. The summed E-state index contributed by atoms with van der Waals surface area (Å²) in [5, 5.41) is 3.00. The molecule has 1 N–H and O–H groups in total. The molecule has 1 unspecified atom stereocenters. The highest BCUT2D eigenvalue weighted by molar-refractivity contribution is 5.89. The van der Waals surface area contributed by atoms with Gasteiger partial charge in [-0.2, -0.15) is 0 Å². The average molecular weight is 370 g/mol. The molecule has 0 spiro atoms. The minimum atomic E-state index is -0.201. The van der Waals surface area contributed by atoms with Crippen molar-refractivity contribution < 1.29 is 9.59 Å². The highest BCUT2D eigenvalue weighted by Crippen LogP contribution is 2.30. The summed E-state index contributed by atoms with van der Waals surface area (Å²) in [7, 11) is 0. The highest BCUT2D eigenvalue weighted by atomic mass is 16.2. The van der Waals surface area contributed by atoms with E-state index < -0.39 is 0 Å². The first-order chi connectivity index (χ1) is 13.2. The summed E-state index contributed by atoms with van der Waals surface area (Å²) in [5.41, 5.74) is 1.09. The predicted octanol–water partition coefficient (Wildman–Crippen LogP) is 2.56. The maximum absolute atomic E-state index is 12.5. The van der Waals surface area contributed by atoms with Crippen LogP contribution < -0.4 is 5.32 Å². The molecule has 1 saturated carbocycles. The molecule has 0 radical (unpaired) electrons. The number of nitrogens with one attached hydrogen (secondary N) is 1. The van der Waals surface area contributed by atoms with Crippen LogP contribution in [0.4, 0.5) is 0 Å². The number of rotatable bonds is 5. The molecule has 1 aliphatic carbocycles. The van der Waals surface area contributed by atoms with Crippen molar-refractivity contribution >= 4 is 11.8 Å². The fourth-order valence-electron chi connectivity index (χ4n) is 4.80. The van der Waals surface area contributed by atoms with Crippen LogP contribution in [0.1, 0.15) is 50.5 Å². The van der Waals surface area contributed by atoms with E-state index in [0.717, 1.165) is 18.7 Å². The molecule has 2 heterocycles. The summed E-state index contributed by atoms with van der Waals surface area (Å²) in [6, 6.07) is 10.9. The van der Waals surface area contributed by atoms with Gasteiger partial charge in [0.2, 0.25) is 11.8 Å². The predicted molar refractivity (Wildman–Crippen MR) is 105 cm³/mol. The lowest BCUT2D eigenvalue weighted by Gasteiger charge is -2.48. The molecule has 27 heavy (non-hydrogen) atoms. The van der Waals surface area contributed by atoms with Gasteiger partial charge in [-0.25, -0.2) is 0 Å². The number of carbonyl (C=O) groups is 2. The Balaban J connectivity index is 1.24. The van der Waals surface area contributed by atoms with E-state index >= 15 is 0 Å². The van der Waals surface area contributed by atoms with Crippen molar-refractivity contribution in [3.8, 4) is 0 Å². The Kier molecular flexibility index (Phi) is 5.77. The third-order valence-corrected chi connectivity index (χ3v) is 6.51. The van der Waals surface area contributed by atoms with Crippen LogP contribution in [0, 0.1) is 5.92 Å². The lowest BCUT2D eigenvalue weighted by Crippen LogP contribution is -2.62. The van der Waals surface area contributed by atoms with Crippen molar-refractivity contribution in [2.45, 2.75) is 63.6 Å². The highest BCUT2D eigenvalue weighted by Gasteiger charge is 2.43. The standard InChI is InChI=1S/C22H31N3O2/c26-21-12-18(22(27)23-13-17-8-4-3-5-9-17)14-25(21)20-15-24(16-20)19-10-6-1-2-7-11-19/h3-5,8-9,18-20H,1-2,6-7,10-16H2,(H,23,27). The summed E-state index contributed by atoms with van der Waals surface area (Å²) in [5.74, 6) is -0.0387. The summed E-state index contributed by atoms with van der Waals surface area (Å²) >= 11 is 0. The number of likely N-dealkylation sites (tertiary alicyclic amines) is 2. The maximum atomic E-state index is 12.5. The van der Waals surface area contributed by atoms with Crippen molar-refractivity contribution in [3.05, 3.63) is 35.9 Å². The van der Waals surface area contributed by atoms with Gasteiger partial charge in [0.15, 0.2) is 0 Å². The van der Waals surface area contributed by atoms with Crippen LogP contribution in [0.5, 0.6) is 0 Å². The number of amides is 2. The quantitative estimate of drug-likeness (QED) is 0.812. The Hall–Kier alpha value is -1.88. The fraction of sp³-hybridized carbons (Fsp3) is 0.636. The summed E-state index contributed by atoms with van der Waals surface area (Å²) in [4.78, 5) is 29.5. The van der Waals surface area contributed by atoms with E-state index in [-0.39, 0.29) is 17.7 Å². The molecule has 1 aromatic rings. The topological polar surface area (TPSA) is 52.7 Å². The van der Waals surface area contributed by atoms with Gasteiger partial charge < -0.3 is 10.2 Å². The van der Waals surface area contributed by atoms with Gasteiger partial charge in [-0.15, -0.1) is 0 Å². The number of carbonyl (C=O) groups excluding carboxylic acids is 2. The van der Waals surface area contributed by atoms with Crippen molar-refractivity contribution in [3.63, 3.8) is 0 Å². The van der Waals surface area contributed by atoms with E-state index in [2.05, 4.69) is 10.2 Å². The van der Waals surface area contributed by atoms with Crippen LogP contribution in [0.25, 0.3) is 0 Å². The molecule has 146 valence electrons. The van der Waals surface area contributed by atoms with Crippen LogP contribution in [0.15, 0.2) is 30.3 Å². The van der Waals surface area contributed by atoms with E-state index in [1.54, 1.807) is 0 Å². The minimum absolute atomic E-state index is 0.00894. The average Bonchev–Trinajstić information content (AvgIpc) is 2.85. The molecule has 4 rings (SSSR count). The summed E-state index contributed by atoms with van der Waals surface area (Å²) < 4.78 is 0. The molecule has 2 saturated heterocycles. The molecular weight excluding hydrogens is 338 g/mol. The van der Waals surface area contributed by atoms with Gasteiger partial charge in [0.1, 0.15) is 0 Å². The Morgan fingerprint density at radius 2 is 1.67 bits per heavy atom. The SMILES string of the molecule is O=C(NCc1ccccc1)C1CC(=O)N(C2CN(C3CCCCCC3)C2)C1. The first kappa shape index (κ1) is 18.5. The van der Waals surface area contributed by atoms with Crippen LogP contribution in [0.3, 0.4) is 0 Å². The van der Waals surface area contributed by atoms with Crippen molar-refractivity contribution in [1.82, 2.24) is 15.1 Å². The van der Waals surface area contributed by atoms with Gasteiger partial charge >= 0.3 is 0 Å². The Morgan fingerprint density at radius 3 is 2.37 bits per heavy atom. The number of hydrogen-bond acceptors (Lipinski definition) is 3. The molecule has 3 aliphatic rings. The number of hydrogen-bond donors (Lipinski definition) is 1. The first-order valence-electron chi connectivity index (χ1n) is 10.6. The summed E-state index contributed by atoms with van der Waals surface area (Å²) in [6.45, 7) is 3.11. The van der Waals surface area contributed by atoms with Gasteiger partial charge in [0.25, 0.3) is 0 Å². The normalized spacial score (nSPS) is 25.3. The van der Waals surface area contributed by atoms with Gasteiger partial charge in [-0.05, 0) is 18.4 Å². The lowest BCUT2D eigenvalue weighted by molar-refractivity contribution is -0.133. The smallest absolute Gasteiger partial charge is 0.225 e. The lowest BCUT2D eigenvalue weighted by atomic mass is 9.99. The molecular formula is C22H31N3O2. The zero-order valence-corrected chi connectivity index (χ0v) is 16.1. The Labute approximate surface area is 162 Å².